The molecule has 2 rings (SSSR count). The molecule has 10 heteroatoms. The number of esters is 1. The van der Waals surface area contributed by atoms with Crippen LogP contribution in [-0.2, 0) is 28.5 Å². The summed E-state index contributed by atoms with van der Waals surface area (Å²) in [5, 5.41) is 0. The number of hydrogen-bond donors (Lipinski definition) is 1. The SMILES string of the molecule is CC[C@H]1O[C@@H](n2cc(C)c(=O)[nH]c2=O)C(OCCOC)[C@H]1OC(=O)CCC(C)=O.[HH]. The van der Waals surface area contributed by atoms with E-state index in [4.69, 9.17) is 18.9 Å². The van der Waals surface area contributed by atoms with Crippen molar-refractivity contribution >= 4 is 11.8 Å². The van der Waals surface area contributed by atoms with Crippen molar-refractivity contribution in [3.8, 4) is 0 Å². The van der Waals surface area contributed by atoms with Crippen molar-refractivity contribution in [3.05, 3.63) is 32.6 Å². The topological polar surface area (TPSA) is 126 Å². The number of Topliss-reactive ketones (excluding diaryl/α,β-unsaturated/α-hetero) is 1. The summed E-state index contributed by atoms with van der Waals surface area (Å²) in [5.41, 5.74) is -0.802. The number of aromatic nitrogens is 2. The van der Waals surface area contributed by atoms with Crippen molar-refractivity contribution in [1.82, 2.24) is 9.55 Å². The van der Waals surface area contributed by atoms with Gasteiger partial charge in [0.1, 0.15) is 11.9 Å². The van der Waals surface area contributed by atoms with Crippen molar-refractivity contribution in [2.45, 2.75) is 64.6 Å². The fourth-order valence-electron chi connectivity index (χ4n) is 3.11. The molecule has 0 spiro atoms. The van der Waals surface area contributed by atoms with Crippen LogP contribution in [-0.4, -0.2) is 59.9 Å². The molecule has 0 saturated carbocycles. The molecule has 0 aromatic carbocycles. The molecule has 1 N–H and O–H groups in total. The van der Waals surface area contributed by atoms with Crippen molar-refractivity contribution in [2.75, 3.05) is 20.3 Å². The van der Waals surface area contributed by atoms with Gasteiger partial charge in [-0.05, 0) is 20.3 Å². The standard InChI is InChI=1S/C19H28N2O8.H2/c1-5-13-15(29-14(23)7-6-12(3)22)16(27-9-8-26-4)18(28-13)21-10-11(2)17(24)20-19(21)25;/h10,13,15-16,18H,5-9H2,1-4H3,(H,20,24,25);1H/t13-,15+,16?,18-;/m1./s1. The van der Waals surface area contributed by atoms with E-state index < -0.39 is 41.8 Å². The molecule has 1 aromatic heterocycles. The van der Waals surface area contributed by atoms with Gasteiger partial charge in [0.2, 0.25) is 0 Å². The monoisotopic (exact) mass is 414 g/mol. The molecule has 1 aliphatic heterocycles. The Morgan fingerprint density at radius 3 is 2.59 bits per heavy atom. The molecule has 1 saturated heterocycles. The Hall–Kier alpha value is -2.30. The van der Waals surface area contributed by atoms with E-state index in [0.29, 0.717) is 18.6 Å². The highest BCUT2D eigenvalue weighted by atomic mass is 16.6. The van der Waals surface area contributed by atoms with E-state index in [9.17, 15) is 19.2 Å². The van der Waals surface area contributed by atoms with Gasteiger partial charge in [-0.1, -0.05) is 6.92 Å². The highest BCUT2D eigenvalue weighted by Crippen LogP contribution is 2.34. The largest absolute Gasteiger partial charge is 0.457 e. The lowest BCUT2D eigenvalue weighted by Gasteiger charge is -2.25. The molecule has 2 heterocycles. The van der Waals surface area contributed by atoms with Crippen LogP contribution in [0, 0.1) is 6.92 Å². The number of carbonyl (C=O) groups is 2. The summed E-state index contributed by atoms with van der Waals surface area (Å²) >= 11 is 0. The van der Waals surface area contributed by atoms with Crippen LogP contribution >= 0.6 is 0 Å². The van der Waals surface area contributed by atoms with Gasteiger partial charge in [0.15, 0.2) is 12.3 Å². The van der Waals surface area contributed by atoms with Gasteiger partial charge in [-0.3, -0.25) is 19.1 Å². The highest BCUT2D eigenvalue weighted by Gasteiger charge is 2.48. The quantitative estimate of drug-likeness (QED) is 0.438. The van der Waals surface area contributed by atoms with E-state index >= 15 is 0 Å². The van der Waals surface area contributed by atoms with Gasteiger partial charge in [-0.15, -0.1) is 0 Å². The number of nitrogens with zero attached hydrogens (tertiary/aromatic N) is 1. The zero-order chi connectivity index (χ0) is 21.6. The Labute approximate surface area is 169 Å². The molecule has 1 aromatic rings. The average Bonchev–Trinajstić information content (AvgIpc) is 3.00. The van der Waals surface area contributed by atoms with E-state index in [0.717, 1.165) is 0 Å². The lowest BCUT2D eigenvalue weighted by Crippen LogP contribution is -2.42. The molecule has 10 nitrogen and oxygen atoms in total. The number of methoxy groups -OCH3 is 1. The highest BCUT2D eigenvalue weighted by molar-refractivity contribution is 5.81. The van der Waals surface area contributed by atoms with Gasteiger partial charge < -0.3 is 23.7 Å². The molecule has 0 bridgehead atoms. The molecule has 0 aliphatic carbocycles. The molecule has 0 amide bonds. The van der Waals surface area contributed by atoms with Crippen LogP contribution in [0.1, 0.15) is 46.3 Å². The minimum atomic E-state index is -0.898. The number of nitrogens with one attached hydrogen (secondary N) is 1. The maximum atomic E-state index is 12.4. The molecule has 29 heavy (non-hydrogen) atoms. The lowest BCUT2D eigenvalue weighted by atomic mass is 10.1. The third-order valence-electron chi connectivity index (χ3n) is 4.65. The predicted octanol–water partition coefficient (Wildman–Crippen LogP) is 0.711. The van der Waals surface area contributed by atoms with E-state index in [1.807, 2.05) is 6.92 Å². The predicted molar refractivity (Wildman–Crippen MR) is 104 cm³/mol. The molecule has 0 radical (unpaired) electrons. The van der Waals surface area contributed by atoms with Crippen LogP contribution in [0.3, 0.4) is 0 Å². The van der Waals surface area contributed by atoms with Gasteiger partial charge in [-0.25, -0.2) is 4.79 Å². The molecular formula is C19H30N2O8. The Morgan fingerprint density at radius 2 is 1.97 bits per heavy atom. The van der Waals surface area contributed by atoms with Crippen molar-refractivity contribution in [3.63, 3.8) is 0 Å². The molecule has 164 valence electrons. The van der Waals surface area contributed by atoms with Crippen LogP contribution in [0.2, 0.25) is 0 Å². The van der Waals surface area contributed by atoms with Crippen LogP contribution in [0.15, 0.2) is 15.8 Å². The zero-order valence-corrected chi connectivity index (χ0v) is 17.1. The minimum Gasteiger partial charge on any atom is -0.457 e. The molecule has 4 atom stereocenters. The first kappa shape index (κ1) is 23.0. The minimum absolute atomic E-state index is 0. The summed E-state index contributed by atoms with van der Waals surface area (Å²) in [5.74, 6) is -0.657. The van der Waals surface area contributed by atoms with E-state index in [1.54, 1.807) is 6.92 Å². The Bertz CT molecular complexity index is 837. The Balaban J connectivity index is 0.00000450. The van der Waals surface area contributed by atoms with E-state index in [-0.39, 0.29) is 26.7 Å². The zero-order valence-electron chi connectivity index (χ0n) is 17.1. The number of carbonyl (C=O) groups excluding carboxylic acids is 2. The summed E-state index contributed by atoms with van der Waals surface area (Å²) < 4.78 is 23.7. The fraction of sp³-hybridized carbons (Fsp3) is 0.684. The Kier molecular flexibility index (Phi) is 8.30. The summed E-state index contributed by atoms with van der Waals surface area (Å²) in [7, 11) is 1.52. The number of H-pyrrole nitrogens is 1. The first-order valence-corrected chi connectivity index (χ1v) is 9.55. The van der Waals surface area contributed by atoms with Crippen molar-refractivity contribution < 1.29 is 30.0 Å². The molecule has 1 unspecified atom stereocenters. The van der Waals surface area contributed by atoms with Crippen molar-refractivity contribution in [2.24, 2.45) is 0 Å². The van der Waals surface area contributed by atoms with Crippen LogP contribution in [0.5, 0.6) is 0 Å². The lowest BCUT2D eigenvalue weighted by molar-refractivity contribution is -0.159. The first-order valence-electron chi connectivity index (χ1n) is 9.55. The molecule has 1 aliphatic rings. The first-order chi connectivity index (χ1) is 13.8. The Morgan fingerprint density at radius 1 is 1.24 bits per heavy atom. The number of aromatic amines is 1. The molecule has 1 fully saturated rings. The normalized spacial score (nSPS) is 23.9. The van der Waals surface area contributed by atoms with Gasteiger partial charge >= 0.3 is 11.7 Å². The van der Waals surface area contributed by atoms with Gasteiger partial charge in [-0.2, -0.15) is 0 Å². The van der Waals surface area contributed by atoms with Crippen LogP contribution in [0.4, 0.5) is 0 Å². The smallest absolute Gasteiger partial charge is 0.330 e. The third kappa shape index (κ3) is 5.84. The fourth-order valence-corrected chi connectivity index (χ4v) is 3.11. The number of ether oxygens (including phenoxy) is 4. The second kappa shape index (κ2) is 10.5. The number of aryl methyl sites for hydroxylation is 1. The second-order valence-electron chi connectivity index (χ2n) is 6.94. The average molecular weight is 414 g/mol. The molecular weight excluding hydrogens is 384 g/mol. The van der Waals surface area contributed by atoms with E-state index in [2.05, 4.69) is 4.98 Å². The van der Waals surface area contributed by atoms with Gasteiger partial charge in [0, 0.05) is 26.7 Å². The van der Waals surface area contributed by atoms with Crippen LogP contribution in [0.25, 0.3) is 0 Å². The van der Waals surface area contributed by atoms with Crippen molar-refractivity contribution in [1.29, 1.82) is 0 Å². The summed E-state index contributed by atoms with van der Waals surface area (Å²) in [6.45, 7) is 5.32. The summed E-state index contributed by atoms with van der Waals surface area (Å²) in [4.78, 5) is 49.7. The summed E-state index contributed by atoms with van der Waals surface area (Å²) in [6.07, 6.45) is -1.05. The maximum absolute atomic E-state index is 12.4. The summed E-state index contributed by atoms with van der Waals surface area (Å²) in [6, 6.07) is 0. The maximum Gasteiger partial charge on any atom is 0.330 e. The van der Waals surface area contributed by atoms with E-state index in [1.165, 1.54) is 24.8 Å². The number of hydrogen-bond acceptors (Lipinski definition) is 8. The van der Waals surface area contributed by atoms with Gasteiger partial charge in [0.25, 0.3) is 5.56 Å². The van der Waals surface area contributed by atoms with Gasteiger partial charge in [0.05, 0.1) is 25.7 Å². The van der Waals surface area contributed by atoms with Crippen LogP contribution < -0.4 is 11.2 Å². The second-order valence-corrected chi connectivity index (χ2v) is 6.94. The third-order valence-corrected chi connectivity index (χ3v) is 4.65. The number of rotatable bonds is 10. The number of ketones is 1.